The fourth-order valence-corrected chi connectivity index (χ4v) is 2.49. The summed E-state index contributed by atoms with van der Waals surface area (Å²) in [5.41, 5.74) is 3.46. The van der Waals surface area contributed by atoms with Crippen LogP contribution in [0.25, 0.3) is 11.3 Å². The molecule has 1 amide bonds. The maximum absolute atomic E-state index is 13.3. The van der Waals surface area contributed by atoms with E-state index in [0.29, 0.717) is 11.4 Å². The SMILES string of the molecule is Cc1ccc(-c2cc(=O)n(CC(=O)Nc3cc(F)ccc3C)[nH]2)cc1. The number of carbonyl (C=O) groups excluding carboxylic acids is 1. The lowest BCUT2D eigenvalue weighted by Crippen LogP contribution is -2.26. The maximum Gasteiger partial charge on any atom is 0.267 e. The van der Waals surface area contributed by atoms with E-state index in [-0.39, 0.29) is 12.1 Å². The minimum absolute atomic E-state index is 0.180. The van der Waals surface area contributed by atoms with Gasteiger partial charge in [0, 0.05) is 11.8 Å². The largest absolute Gasteiger partial charge is 0.324 e. The number of carbonyl (C=O) groups is 1. The number of anilines is 1. The average Bonchev–Trinajstić information content (AvgIpc) is 2.92. The number of amides is 1. The van der Waals surface area contributed by atoms with Gasteiger partial charge in [-0.25, -0.2) is 9.07 Å². The fraction of sp³-hybridized carbons (Fsp3) is 0.158. The minimum atomic E-state index is -0.431. The van der Waals surface area contributed by atoms with Gasteiger partial charge in [-0.2, -0.15) is 0 Å². The number of rotatable bonds is 4. The molecule has 0 aliphatic carbocycles. The Kier molecular flexibility index (Phi) is 4.52. The highest BCUT2D eigenvalue weighted by Crippen LogP contribution is 2.17. The number of H-pyrrole nitrogens is 1. The monoisotopic (exact) mass is 339 g/mol. The average molecular weight is 339 g/mol. The van der Waals surface area contributed by atoms with Crippen molar-refractivity contribution >= 4 is 11.6 Å². The number of hydrogen-bond acceptors (Lipinski definition) is 2. The van der Waals surface area contributed by atoms with Gasteiger partial charge in [0.2, 0.25) is 5.91 Å². The van der Waals surface area contributed by atoms with E-state index >= 15 is 0 Å². The number of nitrogens with one attached hydrogen (secondary N) is 2. The second kappa shape index (κ2) is 6.76. The van der Waals surface area contributed by atoms with E-state index in [1.807, 2.05) is 31.2 Å². The molecule has 0 saturated heterocycles. The maximum atomic E-state index is 13.3. The van der Waals surface area contributed by atoms with E-state index in [1.165, 1.54) is 22.9 Å². The number of benzene rings is 2. The van der Waals surface area contributed by atoms with Crippen molar-refractivity contribution in [2.24, 2.45) is 0 Å². The van der Waals surface area contributed by atoms with Gasteiger partial charge in [-0.3, -0.25) is 14.7 Å². The number of nitrogens with zero attached hydrogens (tertiary/aromatic N) is 1. The summed E-state index contributed by atoms with van der Waals surface area (Å²) in [5, 5.41) is 5.55. The van der Waals surface area contributed by atoms with Crippen molar-refractivity contribution < 1.29 is 9.18 Å². The van der Waals surface area contributed by atoms with Crippen LogP contribution in [0.5, 0.6) is 0 Å². The number of halogens is 1. The summed E-state index contributed by atoms with van der Waals surface area (Å²) in [7, 11) is 0. The van der Waals surface area contributed by atoms with Gasteiger partial charge in [-0.05, 0) is 37.1 Å². The molecule has 2 aromatic carbocycles. The first kappa shape index (κ1) is 16.7. The van der Waals surface area contributed by atoms with Gasteiger partial charge < -0.3 is 5.32 Å². The Bertz CT molecular complexity index is 971. The van der Waals surface area contributed by atoms with Gasteiger partial charge in [0.1, 0.15) is 12.4 Å². The van der Waals surface area contributed by atoms with Crippen molar-refractivity contribution in [3.05, 3.63) is 75.8 Å². The Morgan fingerprint density at radius 2 is 1.84 bits per heavy atom. The zero-order valence-electron chi connectivity index (χ0n) is 14.0. The second-order valence-electron chi connectivity index (χ2n) is 5.97. The summed E-state index contributed by atoms with van der Waals surface area (Å²) >= 11 is 0. The van der Waals surface area contributed by atoms with E-state index < -0.39 is 11.7 Å². The number of aryl methyl sites for hydroxylation is 2. The summed E-state index contributed by atoms with van der Waals surface area (Å²) in [5.74, 6) is -0.840. The van der Waals surface area contributed by atoms with Crippen molar-refractivity contribution in [2.75, 3.05) is 5.32 Å². The molecule has 1 heterocycles. The molecule has 0 aliphatic rings. The highest BCUT2D eigenvalue weighted by molar-refractivity contribution is 5.91. The van der Waals surface area contributed by atoms with Crippen LogP contribution in [0.4, 0.5) is 10.1 Å². The lowest BCUT2D eigenvalue weighted by Gasteiger charge is -2.08. The minimum Gasteiger partial charge on any atom is -0.324 e. The molecule has 0 radical (unpaired) electrons. The Morgan fingerprint density at radius 3 is 2.56 bits per heavy atom. The third kappa shape index (κ3) is 3.85. The molecule has 5 nitrogen and oxygen atoms in total. The third-order valence-corrected chi connectivity index (χ3v) is 3.93. The Morgan fingerprint density at radius 1 is 1.12 bits per heavy atom. The molecule has 0 unspecified atom stereocenters. The van der Waals surface area contributed by atoms with Crippen molar-refractivity contribution in [1.82, 2.24) is 9.78 Å². The number of aromatic nitrogens is 2. The quantitative estimate of drug-likeness (QED) is 0.766. The summed E-state index contributed by atoms with van der Waals surface area (Å²) in [6.07, 6.45) is 0. The molecule has 3 aromatic rings. The molecule has 2 N–H and O–H groups in total. The predicted octanol–water partition coefficient (Wildman–Crippen LogP) is 3.24. The van der Waals surface area contributed by atoms with E-state index in [2.05, 4.69) is 10.4 Å². The van der Waals surface area contributed by atoms with Gasteiger partial charge in [0.15, 0.2) is 0 Å². The van der Waals surface area contributed by atoms with Crippen LogP contribution in [0.1, 0.15) is 11.1 Å². The van der Waals surface area contributed by atoms with Crippen LogP contribution in [0.2, 0.25) is 0 Å². The molecule has 0 fully saturated rings. The predicted molar refractivity (Wildman–Crippen MR) is 95.0 cm³/mol. The highest BCUT2D eigenvalue weighted by atomic mass is 19.1. The van der Waals surface area contributed by atoms with E-state index in [9.17, 15) is 14.0 Å². The zero-order chi connectivity index (χ0) is 18.0. The Hall–Kier alpha value is -3.15. The molecular weight excluding hydrogens is 321 g/mol. The lowest BCUT2D eigenvalue weighted by molar-refractivity contribution is -0.117. The van der Waals surface area contributed by atoms with Gasteiger partial charge in [0.05, 0.1) is 5.69 Å². The van der Waals surface area contributed by atoms with Gasteiger partial charge in [-0.15, -0.1) is 0 Å². The molecule has 0 bridgehead atoms. The molecule has 0 spiro atoms. The smallest absolute Gasteiger partial charge is 0.267 e. The molecule has 25 heavy (non-hydrogen) atoms. The Balaban J connectivity index is 1.77. The highest BCUT2D eigenvalue weighted by Gasteiger charge is 2.11. The summed E-state index contributed by atoms with van der Waals surface area (Å²) in [6, 6.07) is 13.3. The van der Waals surface area contributed by atoms with Gasteiger partial charge >= 0.3 is 0 Å². The molecular formula is C19H18FN3O2. The lowest BCUT2D eigenvalue weighted by atomic mass is 10.1. The first-order valence-electron chi connectivity index (χ1n) is 7.85. The van der Waals surface area contributed by atoms with E-state index in [4.69, 9.17) is 0 Å². The third-order valence-electron chi connectivity index (χ3n) is 3.93. The van der Waals surface area contributed by atoms with Crippen molar-refractivity contribution in [3.63, 3.8) is 0 Å². The van der Waals surface area contributed by atoms with Crippen molar-refractivity contribution in [3.8, 4) is 11.3 Å². The first-order valence-corrected chi connectivity index (χ1v) is 7.85. The van der Waals surface area contributed by atoms with Crippen LogP contribution in [0, 0.1) is 19.7 Å². The summed E-state index contributed by atoms with van der Waals surface area (Å²) < 4.78 is 14.5. The first-order chi connectivity index (χ1) is 11.9. The summed E-state index contributed by atoms with van der Waals surface area (Å²) in [4.78, 5) is 24.3. The Labute approximate surface area is 144 Å². The van der Waals surface area contributed by atoms with Crippen LogP contribution in [-0.2, 0) is 11.3 Å². The normalized spacial score (nSPS) is 10.7. The van der Waals surface area contributed by atoms with Crippen LogP contribution in [0.15, 0.2) is 53.3 Å². The fourth-order valence-electron chi connectivity index (χ4n) is 2.49. The molecule has 6 heteroatoms. The molecule has 128 valence electrons. The molecule has 3 rings (SSSR count). The zero-order valence-corrected chi connectivity index (χ0v) is 14.0. The molecule has 1 aromatic heterocycles. The molecule has 0 atom stereocenters. The second-order valence-corrected chi connectivity index (χ2v) is 5.97. The number of aromatic amines is 1. The van der Waals surface area contributed by atoms with Crippen LogP contribution in [-0.4, -0.2) is 15.7 Å². The standard InChI is InChI=1S/C19H18FN3O2/c1-12-3-6-14(7-4-12)17-10-19(25)23(22-17)11-18(24)21-16-9-15(20)8-5-13(16)2/h3-10,22H,11H2,1-2H3,(H,21,24). The molecule has 0 aliphatic heterocycles. The van der Waals surface area contributed by atoms with Crippen LogP contribution in [0.3, 0.4) is 0 Å². The van der Waals surface area contributed by atoms with Gasteiger partial charge in [-0.1, -0.05) is 35.9 Å². The van der Waals surface area contributed by atoms with Crippen molar-refractivity contribution in [2.45, 2.75) is 20.4 Å². The molecule has 0 saturated carbocycles. The van der Waals surface area contributed by atoms with E-state index in [0.717, 1.165) is 16.7 Å². The van der Waals surface area contributed by atoms with Gasteiger partial charge in [0.25, 0.3) is 5.56 Å². The van der Waals surface area contributed by atoms with E-state index in [1.54, 1.807) is 13.0 Å². The van der Waals surface area contributed by atoms with Crippen LogP contribution < -0.4 is 10.9 Å². The van der Waals surface area contributed by atoms with Crippen LogP contribution >= 0.6 is 0 Å². The topological polar surface area (TPSA) is 66.9 Å². The summed E-state index contributed by atoms with van der Waals surface area (Å²) in [6.45, 7) is 3.57. The number of hydrogen-bond donors (Lipinski definition) is 2. The van der Waals surface area contributed by atoms with Crippen molar-refractivity contribution in [1.29, 1.82) is 0 Å².